The first-order valence-electron chi connectivity index (χ1n) is 7.56. The van der Waals surface area contributed by atoms with Crippen LogP contribution in [0, 0.1) is 0 Å². The number of ether oxygens (including phenoxy) is 1. The molecule has 0 saturated carbocycles. The molecule has 27 heavy (non-hydrogen) atoms. The number of nitrogen functional groups attached to an aromatic ring is 1. The number of hydrogen-bond donors (Lipinski definition) is 2. The molecule has 0 spiro atoms. The number of amidine groups is 1. The van der Waals surface area contributed by atoms with Crippen molar-refractivity contribution in [3.63, 3.8) is 0 Å². The van der Waals surface area contributed by atoms with Crippen LogP contribution in [0.15, 0.2) is 67.8 Å². The minimum atomic E-state index is -0.489. The van der Waals surface area contributed by atoms with Gasteiger partial charge in [0.1, 0.15) is 5.75 Å². The number of rotatable bonds is 5. The van der Waals surface area contributed by atoms with Crippen LogP contribution in [0.1, 0.15) is 21.6 Å². The SMILES string of the molecule is NC(=N/N=C\c1cc(Br)ccc1OC(=O)c1ccccc1)c1nonc1N. The number of halogens is 1. The van der Waals surface area contributed by atoms with Gasteiger partial charge in [0.05, 0.1) is 11.8 Å². The average molecular weight is 429 g/mol. The van der Waals surface area contributed by atoms with Crippen LogP contribution in [-0.4, -0.2) is 28.3 Å². The first kappa shape index (κ1) is 18.3. The van der Waals surface area contributed by atoms with E-state index in [9.17, 15) is 4.79 Å². The van der Waals surface area contributed by atoms with Crippen molar-refractivity contribution in [2.24, 2.45) is 15.9 Å². The van der Waals surface area contributed by atoms with Gasteiger partial charge >= 0.3 is 5.97 Å². The van der Waals surface area contributed by atoms with E-state index in [-0.39, 0.29) is 17.3 Å². The van der Waals surface area contributed by atoms with E-state index in [1.54, 1.807) is 42.5 Å². The molecule has 136 valence electrons. The number of benzene rings is 2. The summed E-state index contributed by atoms with van der Waals surface area (Å²) in [5, 5.41) is 14.6. The molecule has 0 aliphatic rings. The Morgan fingerprint density at radius 2 is 1.96 bits per heavy atom. The van der Waals surface area contributed by atoms with E-state index in [0.29, 0.717) is 16.9 Å². The molecule has 4 N–H and O–H groups in total. The van der Waals surface area contributed by atoms with Crippen LogP contribution in [0.3, 0.4) is 0 Å². The highest BCUT2D eigenvalue weighted by molar-refractivity contribution is 9.10. The highest BCUT2D eigenvalue weighted by Gasteiger charge is 2.12. The van der Waals surface area contributed by atoms with Crippen LogP contribution in [0.5, 0.6) is 5.75 Å². The molecule has 0 bridgehead atoms. The summed E-state index contributed by atoms with van der Waals surface area (Å²) in [4.78, 5) is 12.3. The second-order valence-corrected chi connectivity index (χ2v) is 6.08. The molecular weight excluding hydrogens is 416 g/mol. The van der Waals surface area contributed by atoms with Crippen molar-refractivity contribution in [1.29, 1.82) is 0 Å². The van der Waals surface area contributed by atoms with Crippen molar-refractivity contribution in [3.8, 4) is 5.75 Å². The molecule has 9 nitrogen and oxygen atoms in total. The average Bonchev–Trinajstić information content (AvgIpc) is 3.10. The van der Waals surface area contributed by atoms with Crippen molar-refractivity contribution in [2.75, 3.05) is 5.73 Å². The monoisotopic (exact) mass is 428 g/mol. The fourth-order valence-corrected chi connectivity index (χ4v) is 2.40. The Morgan fingerprint density at radius 3 is 2.67 bits per heavy atom. The predicted molar refractivity (Wildman–Crippen MR) is 103 cm³/mol. The lowest BCUT2D eigenvalue weighted by Gasteiger charge is -2.07. The van der Waals surface area contributed by atoms with Crippen LogP contribution < -0.4 is 16.2 Å². The van der Waals surface area contributed by atoms with Crippen LogP contribution in [0.4, 0.5) is 5.82 Å². The molecule has 3 rings (SSSR count). The molecule has 0 unspecified atom stereocenters. The molecular formula is C17H13BrN6O3. The highest BCUT2D eigenvalue weighted by atomic mass is 79.9. The van der Waals surface area contributed by atoms with Crippen molar-refractivity contribution >= 4 is 39.8 Å². The fourth-order valence-electron chi connectivity index (χ4n) is 2.02. The summed E-state index contributed by atoms with van der Waals surface area (Å²) in [5.74, 6) is -0.238. The Bertz CT molecular complexity index is 1020. The predicted octanol–water partition coefficient (Wildman–Crippen LogP) is 2.37. The van der Waals surface area contributed by atoms with E-state index in [0.717, 1.165) is 4.47 Å². The second-order valence-electron chi connectivity index (χ2n) is 5.17. The third-order valence-corrected chi connectivity index (χ3v) is 3.80. The molecule has 3 aromatic rings. The van der Waals surface area contributed by atoms with Gasteiger partial charge in [0.25, 0.3) is 0 Å². The molecule has 0 amide bonds. The van der Waals surface area contributed by atoms with E-state index in [1.165, 1.54) is 6.21 Å². The second kappa shape index (κ2) is 8.23. The summed E-state index contributed by atoms with van der Waals surface area (Å²) >= 11 is 3.36. The molecule has 2 aromatic carbocycles. The fraction of sp³-hybridized carbons (Fsp3) is 0. The van der Waals surface area contributed by atoms with Crippen molar-refractivity contribution in [1.82, 2.24) is 10.3 Å². The van der Waals surface area contributed by atoms with Gasteiger partial charge in [-0.15, -0.1) is 5.10 Å². The van der Waals surface area contributed by atoms with Crippen LogP contribution >= 0.6 is 15.9 Å². The number of carbonyl (C=O) groups excluding carboxylic acids is 1. The van der Waals surface area contributed by atoms with E-state index in [4.69, 9.17) is 16.2 Å². The Kier molecular flexibility index (Phi) is 5.57. The Labute approximate surface area is 161 Å². The quantitative estimate of drug-likeness (QED) is 0.208. The zero-order chi connectivity index (χ0) is 19.2. The first-order chi connectivity index (χ1) is 13.0. The van der Waals surface area contributed by atoms with Crippen LogP contribution in [0.2, 0.25) is 0 Å². The molecule has 0 aliphatic carbocycles. The van der Waals surface area contributed by atoms with Crippen molar-refractivity contribution in [3.05, 3.63) is 69.8 Å². The van der Waals surface area contributed by atoms with Gasteiger partial charge in [-0.2, -0.15) is 5.10 Å². The summed E-state index contributed by atoms with van der Waals surface area (Å²) in [6.45, 7) is 0. The maximum Gasteiger partial charge on any atom is 0.343 e. The molecule has 0 atom stereocenters. The number of anilines is 1. The van der Waals surface area contributed by atoms with E-state index in [2.05, 4.69) is 41.1 Å². The largest absolute Gasteiger partial charge is 0.422 e. The van der Waals surface area contributed by atoms with Gasteiger partial charge in [-0.05, 0) is 40.6 Å². The van der Waals surface area contributed by atoms with Crippen LogP contribution in [-0.2, 0) is 0 Å². The molecule has 0 radical (unpaired) electrons. The lowest BCUT2D eigenvalue weighted by atomic mass is 10.2. The smallest absolute Gasteiger partial charge is 0.343 e. The summed E-state index contributed by atoms with van der Waals surface area (Å²) in [5.41, 5.74) is 12.3. The highest BCUT2D eigenvalue weighted by Crippen LogP contribution is 2.23. The molecule has 0 aliphatic heterocycles. The number of hydrogen-bond acceptors (Lipinski definition) is 8. The first-order valence-corrected chi connectivity index (χ1v) is 8.35. The van der Waals surface area contributed by atoms with E-state index < -0.39 is 5.97 Å². The summed E-state index contributed by atoms with van der Waals surface area (Å²) < 4.78 is 10.7. The Hall–Kier alpha value is -3.53. The van der Waals surface area contributed by atoms with E-state index >= 15 is 0 Å². The third-order valence-electron chi connectivity index (χ3n) is 3.30. The number of carbonyl (C=O) groups is 1. The van der Waals surface area contributed by atoms with Gasteiger partial charge in [-0.3, -0.25) is 0 Å². The lowest BCUT2D eigenvalue weighted by Crippen LogP contribution is -2.15. The van der Waals surface area contributed by atoms with Gasteiger partial charge in [-0.1, -0.05) is 34.1 Å². The number of nitrogens with zero attached hydrogens (tertiary/aromatic N) is 4. The standard InChI is InChI=1S/C17H13BrN6O3/c18-12-6-7-13(26-17(25)10-4-2-1-3-5-10)11(8-12)9-21-22-15(19)14-16(20)24-27-23-14/h1-9H,(H2,19,22)(H2,20,24)/b21-9-. The number of aromatic nitrogens is 2. The van der Waals surface area contributed by atoms with Gasteiger partial charge < -0.3 is 16.2 Å². The Morgan fingerprint density at radius 1 is 1.19 bits per heavy atom. The zero-order valence-corrected chi connectivity index (χ0v) is 15.3. The van der Waals surface area contributed by atoms with Gasteiger partial charge in [-0.25, -0.2) is 9.42 Å². The van der Waals surface area contributed by atoms with Crippen molar-refractivity contribution < 1.29 is 14.2 Å². The maximum atomic E-state index is 12.3. The van der Waals surface area contributed by atoms with Crippen LogP contribution in [0.25, 0.3) is 0 Å². The van der Waals surface area contributed by atoms with Gasteiger partial charge in [0.2, 0.25) is 0 Å². The molecule has 0 fully saturated rings. The van der Waals surface area contributed by atoms with Crippen molar-refractivity contribution in [2.45, 2.75) is 0 Å². The maximum absolute atomic E-state index is 12.3. The number of nitrogens with two attached hydrogens (primary N) is 2. The third kappa shape index (κ3) is 4.55. The summed E-state index contributed by atoms with van der Waals surface area (Å²) in [6, 6.07) is 13.7. The molecule has 10 heteroatoms. The number of esters is 1. The molecule has 1 aromatic heterocycles. The zero-order valence-electron chi connectivity index (χ0n) is 13.7. The summed E-state index contributed by atoms with van der Waals surface area (Å²) in [7, 11) is 0. The molecule has 1 heterocycles. The lowest BCUT2D eigenvalue weighted by molar-refractivity contribution is 0.0734. The molecule has 0 saturated heterocycles. The normalized spacial score (nSPS) is 11.7. The minimum Gasteiger partial charge on any atom is -0.422 e. The summed E-state index contributed by atoms with van der Waals surface area (Å²) in [6.07, 6.45) is 1.38. The topological polar surface area (TPSA) is 142 Å². The minimum absolute atomic E-state index is 0.00591. The van der Waals surface area contributed by atoms with Gasteiger partial charge in [0.15, 0.2) is 17.3 Å². The Balaban J connectivity index is 1.82. The van der Waals surface area contributed by atoms with E-state index in [1.807, 2.05) is 6.07 Å². The van der Waals surface area contributed by atoms with Gasteiger partial charge in [0, 0.05) is 10.0 Å².